The quantitative estimate of drug-likeness (QED) is 0.0343. The molecule has 1 N–H and O–H groups in total. The van der Waals surface area contributed by atoms with Crippen LogP contribution in [0.1, 0.15) is 140 Å². The zero-order valence-corrected chi connectivity index (χ0v) is 35.7. The van der Waals surface area contributed by atoms with E-state index in [-0.39, 0.29) is 37.5 Å². The molecule has 2 unspecified atom stereocenters. The number of ether oxygens (including phenoxy) is 2. The van der Waals surface area contributed by atoms with Gasteiger partial charge in [-0.25, -0.2) is 14.4 Å². The molecule has 0 radical (unpaired) electrons. The van der Waals surface area contributed by atoms with E-state index in [0.29, 0.717) is 35.5 Å². The van der Waals surface area contributed by atoms with E-state index in [1.807, 2.05) is 30.3 Å². The predicted molar refractivity (Wildman–Crippen MR) is 231 cm³/mol. The van der Waals surface area contributed by atoms with Gasteiger partial charge in [0.1, 0.15) is 24.0 Å². The Hall–Kier alpha value is -5.52. The lowest BCUT2D eigenvalue weighted by Gasteiger charge is -2.29. The minimum Gasteiger partial charge on any atom is -0.479 e. The first-order valence-electron chi connectivity index (χ1n) is 21.8. The number of rotatable bonds is 27. The molecule has 1 saturated heterocycles. The van der Waals surface area contributed by atoms with Crippen LogP contribution in [-0.4, -0.2) is 69.9 Å². The maximum Gasteiger partial charge on any atom is 0.344 e. The number of hydrogen-bond donors (Lipinski definition) is 1. The molecule has 12 nitrogen and oxygen atoms in total. The Morgan fingerprint density at radius 1 is 0.717 bits per heavy atom. The number of anilines is 1. The van der Waals surface area contributed by atoms with Crippen LogP contribution < -0.4 is 9.64 Å². The van der Waals surface area contributed by atoms with Crippen LogP contribution in [0.3, 0.4) is 0 Å². The van der Waals surface area contributed by atoms with Crippen LogP contribution in [0.15, 0.2) is 78.9 Å². The molecule has 12 heteroatoms. The Kier molecular flexibility index (Phi) is 19.8. The topological polar surface area (TPSA) is 151 Å². The fraction of sp³-hybridized carbons (Fsp3) is 0.500. The molecule has 1 fully saturated rings. The molecule has 0 spiro atoms. The first-order chi connectivity index (χ1) is 29.0. The lowest BCUT2D eigenvalue weighted by atomic mass is 9.93. The van der Waals surface area contributed by atoms with Crippen molar-refractivity contribution in [1.29, 1.82) is 0 Å². The molecule has 3 aromatic carbocycles. The number of amides is 5. The minimum absolute atomic E-state index is 0.112. The fourth-order valence-corrected chi connectivity index (χ4v) is 7.39. The van der Waals surface area contributed by atoms with E-state index in [4.69, 9.17) is 9.47 Å². The first kappa shape index (κ1) is 47.2. The Morgan fingerprint density at radius 3 is 1.92 bits per heavy atom. The zero-order valence-electron chi connectivity index (χ0n) is 35.7. The number of carbonyl (C=O) groups excluding carboxylic acids is 5. The molecule has 324 valence electrons. The molecule has 5 amide bonds. The average molecular weight is 826 g/mol. The number of carbonyl (C=O) groups is 6. The van der Waals surface area contributed by atoms with Crippen molar-refractivity contribution in [3.8, 4) is 5.75 Å². The highest BCUT2D eigenvalue weighted by Gasteiger charge is 2.44. The van der Waals surface area contributed by atoms with Gasteiger partial charge in [0.25, 0.3) is 5.91 Å². The van der Waals surface area contributed by atoms with Crippen molar-refractivity contribution < 1.29 is 43.3 Å². The maximum absolute atomic E-state index is 14.6. The summed E-state index contributed by atoms with van der Waals surface area (Å²) in [5, 5.41) is 9.79. The van der Waals surface area contributed by atoms with Gasteiger partial charge in [-0.15, -0.1) is 0 Å². The molecule has 60 heavy (non-hydrogen) atoms. The van der Waals surface area contributed by atoms with Gasteiger partial charge in [-0.05, 0) is 61.1 Å². The van der Waals surface area contributed by atoms with E-state index in [2.05, 4.69) is 13.8 Å². The summed E-state index contributed by atoms with van der Waals surface area (Å²) in [6.07, 6.45) is 14.1. The van der Waals surface area contributed by atoms with Crippen molar-refractivity contribution in [3.63, 3.8) is 0 Å². The van der Waals surface area contributed by atoms with Crippen molar-refractivity contribution in [3.05, 3.63) is 95.6 Å². The summed E-state index contributed by atoms with van der Waals surface area (Å²) in [6, 6.07) is 20.3. The first-order valence-corrected chi connectivity index (χ1v) is 21.8. The van der Waals surface area contributed by atoms with Gasteiger partial charge >= 0.3 is 24.0 Å². The molecule has 1 aliphatic rings. The van der Waals surface area contributed by atoms with Gasteiger partial charge in [0.2, 0.25) is 0 Å². The van der Waals surface area contributed by atoms with Gasteiger partial charge < -0.3 is 19.5 Å². The summed E-state index contributed by atoms with van der Waals surface area (Å²) in [5.41, 5.74) is 1.67. The lowest BCUT2D eigenvalue weighted by Crippen LogP contribution is -2.47. The van der Waals surface area contributed by atoms with E-state index in [1.165, 1.54) is 55.2 Å². The highest BCUT2D eigenvalue weighted by Crippen LogP contribution is 2.33. The number of ketones is 1. The van der Waals surface area contributed by atoms with Gasteiger partial charge in [0, 0.05) is 6.54 Å². The highest BCUT2D eigenvalue weighted by atomic mass is 16.5. The number of Topliss-reactive ketones (excluding diaryl/α,β-unsaturated/α-hetero) is 1. The molecule has 0 saturated carbocycles. The van der Waals surface area contributed by atoms with Crippen LogP contribution in [0.2, 0.25) is 0 Å². The van der Waals surface area contributed by atoms with Crippen LogP contribution >= 0.6 is 0 Å². The largest absolute Gasteiger partial charge is 0.479 e. The molecule has 4 rings (SSSR count). The summed E-state index contributed by atoms with van der Waals surface area (Å²) < 4.78 is 11.5. The standard InChI is InChI=1S/C48H63N3O9/c1-4-6-8-10-11-12-13-14-15-22-32-59-46(56)44(36(3)52)40-25-20-21-26-41(40)50(48(58)51-43(53)35-49(47(51)57)33-37-23-17-16-18-24-37)34-38-28-30-39(31-29-38)60-42(45(54)55)27-19-9-7-5-2/h16-18,20-21,23-26,28-31,42,44H,4-15,19,22,27,32-35H2,1-3H3,(H,54,55). The lowest BCUT2D eigenvalue weighted by molar-refractivity contribution is -0.148. The number of urea groups is 2. The zero-order chi connectivity index (χ0) is 43.3. The molecule has 3 aromatic rings. The summed E-state index contributed by atoms with van der Waals surface area (Å²) in [4.78, 5) is 83.8. The molecular formula is C48H63N3O9. The maximum atomic E-state index is 14.6. The van der Waals surface area contributed by atoms with Crippen LogP contribution in [0, 0.1) is 0 Å². The van der Waals surface area contributed by atoms with Crippen molar-refractivity contribution in [2.45, 2.75) is 142 Å². The molecule has 1 aliphatic heterocycles. The third-order valence-corrected chi connectivity index (χ3v) is 10.7. The van der Waals surface area contributed by atoms with Crippen LogP contribution in [0.5, 0.6) is 5.75 Å². The fourth-order valence-electron chi connectivity index (χ4n) is 7.39. The van der Waals surface area contributed by atoms with E-state index >= 15 is 0 Å². The van der Waals surface area contributed by atoms with Crippen molar-refractivity contribution in [1.82, 2.24) is 9.80 Å². The van der Waals surface area contributed by atoms with E-state index in [1.54, 1.807) is 48.5 Å². The molecular weight excluding hydrogens is 763 g/mol. The van der Waals surface area contributed by atoms with Crippen LogP contribution in [-0.2, 0) is 37.0 Å². The number of carboxylic acids is 1. The summed E-state index contributed by atoms with van der Waals surface area (Å²) >= 11 is 0. The Morgan fingerprint density at radius 2 is 1.30 bits per heavy atom. The molecule has 0 bridgehead atoms. The normalized spacial score (nSPS) is 13.6. The van der Waals surface area contributed by atoms with Crippen LogP contribution in [0.4, 0.5) is 15.3 Å². The second-order valence-corrected chi connectivity index (χ2v) is 15.6. The second kappa shape index (κ2) is 25.2. The Balaban J connectivity index is 1.56. The van der Waals surface area contributed by atoms with Gasteiger partial charge in [-0.3, -0.25) is 19.3 Å². The second-order valence-electron chi connectivity index (χ2n) is 15.6. The number of imide groups is 3. The van der Waals surface area contributed by atoms with E-state index in [9.17, 15) is 33.9 Å². The summed E-state index contributed by atoms with van der Waals surface area (Å²) in [5.74, 6) is -4.07. The number of para-hydroxylation sites is 1. The van der Waals surface area contributed by atoms with E-state index < -0.39 is 47.7 Å². The molecule has 0 aromatic heterocycles. The number of nitrogens with zero attached hydrogens (tertiary/aromatic N) is 3. The minimum atomic E-state index is -1.37. The third kappa shape index (κ3) is 14.3. The number of unbranched alkanes of at least 4 members (excludes halogenated alkanes) is 12. The predicted octanol–water partition coefficient (Wildman–Crippen LogP) is 10.2. The molecule has 0 aliphatic carbocycles. The Bertz CT molecular complexity index is 1850. The average Bonchev–Trinajstić information content (AvgIpc) is 3.51. The van der Waals surface area contributed by atoms with Gasteiger partial charge in [-0.2, -0.15) is 4.90 Å². The van der Waals surface area contributed by atoms with Gasteiger partial charge in [0.05, 0.1) is 18.8 Å². The van der Waals surface area contributed by atoms with Gasteiger partial charge in [0.15, 0.2) is 6.10 Å². The number of benzene rings is 3. The molecule has 1 heterocycles. The number of aliphatic carboxylic acids is 1. The smallest absolute Gasteiger partial charge is 0.344 e. The SMILES string of the molecule is CCCCCCCCCCCCOC(=O)C(C(C)=O)c1ccccc1N(Cc1ccc(OC(CCCCCC)C(=O)O)cc1)C(=O)N1C(=O)CN(Cc2ccccc2)C1=O. The molecule has 2 atom stereocenters. The van der Waals surface area contributed by atoms with Gasteiger partial charge in [-0.1, -0.05) is 152 Å². The van der Waals surface area contributed by atoms with E-state index in [0.717, 1.165) is 44.1 Å². The van der Waals surface area contributed by atoms with Crippen molar-refractivity contribution >= 4 is 41.4 Å². The number of hydrogen-bond acceptors (Lipinski definition) is 8. The highest BCUT2D eigenvalue weighted by molar-refractivity contribution is 6.18. The number of esters is 1. The van der Waals surface area contributed by atoms with Crippen molar-refractivity contribution in [2.24, 2.45) is 0 Å². The third-order valence-electron chi connectivity index (χ3n) is 10.7. The monoisotopic (exact) mass is 825 g/mol. The Labute approximate surface area is 355 Å². The summed E-state index contributed by atoms with van der Waals surface area (Å²) in [6.45, 7) is 5.34. The number of carboxylic acid groups (broad SMARTS) is 1. The van der Waals surface area contributed by atoms with Crippen LogP contribution in [0.25, 0.3) is 0 Å². The van der Waals surface area contributed by atoms with Crippen molar-refractivity contribution in [2.75, 3.05) is 18.1 Å². The summed E-state index contributed by atoms with van der Waals surface area (Å²) in [7, 11) is 0.